The molecule has 1 heterocycles. The molecule has 0 amide bonds. The van der Waals surface area contributed by atoms with Crippen LogP contribution in [-0.2, 0) is 6.61 Å². The number of aryl methyl sites for hydroxylation is 1. The van der Waals surface area contributed by atoms with Crippen molar-refractivity contribution in [3.05, 3.63) is 46.7 Å². The number of aliphatic hydroxyl groups is 1. The highest BCUT2D eigenvalue weighted by Gasteiger charge is 2.36. The van der Waals surface area contributed by atoms with Gasteiger partial charge in [-0.1, -0.05) is 24.3 Å². The van der Waals surface area contributed by atoms with Crippen LogP contribution in [0.3, 0.4) is 0 Å². The summed E-state index contributed by atoms with van der Waals surface area (Å²) < 4.78 is 5.54. The van der Waals surface area contributed by atoms with Crippen molar-refractivity contribution in [1.82, 2.24) is 0 Å². The van der Waals surface area contributed by atoms with E-state index in [0.29, 0.717) is 28.2 Å². The van der Waals surface area contributed by atoms with Gasteiger partial charge in [0.2, 0.25) is 11.6 Å². The smallest absolute Gasteiger partial charge is 0.237 e. The number of carbonyl (C=O) groups excluding carboxylic acids is 2. The summed E-state index contributed by atoms with van der Waals surface area (Å²) in [7, 11) is 0. The summed E-state index contributed by atoms with van der Waals surface area (Å²) in [6.45, 7) is 1.36. The second kappa shape index (κ2) is 3.65. The molecule has 0 unspecified atom stereocenters. The van der Waals surface area contributed by atoms with Gasteiger partial charge in [0.1, 0.15) is 11.5 Å². The van der Waals surface area contributed by atoms with Crippen LogP contribution in [0.1, 0.15) is 32.0 Å². The summed E-state index contributed by atoms with van der Waals surface area (Å²) in [5.74, 6) is -0.296. The molecule has 0 aliphatic heterocycles. The maximum atomic E-state index is 12.1. The molecule has 90 valence electrons. The third-order valence-corrected chi connectivity index (χ3v) is 3.22. The van der Waals surface area contributed by atoms with Crippen molar-refractivity contribution in [3.8, 4) is 11.3 Å². The highest BCUT2D eigenvalue weighted by molar-refractivity contribution is 6.53. The first-order valence-electron chi connectivity index (χ1n) is 5.56. The summed E-state index contributed by atoms with van der Waals surface area (Å²) in [6, 6.07) is 6.83. The zero-order valence-corrected chi connectivity index (χ0v) is 9.69. The van der Waals surface area contributed by atoms with Gasteiger partial charge in [0.25, 0.3) is 0 Å². The molecular weight excluding hydrogens is 232 g/mol. The molecule has 0 saturated carbocycles. The summed E-state index contributed by atoms with van der Waals surface area (Å²) in [5.41, 5.74) is 1.57. The summed E-state index contributed by atoms with van der Waals surface area (Å²) in [5, 5.41) is 9.29. The molecule has 0 fully saturated rings. The molecular formula is C14H10O4. The van der Waals surface area contributed by atoms with E-state index in [4.69, 9.17) is 4.42 Å². The van der Waals surface area contributed by atoms with Crippen LogP contribution in [0.4, 0.5) is 0 Å². The minimum Gasteiger partial charge on any atom is -0.460 e. The van der Waals surface area contributed by atoms with Crippen molar-refractivity contribution >= 4 is 11.6 Å². The number of hydrogen-bond donors (Lipinski definition) is 1. The number of rotatable bonds is 1. The summed E-state index contributed by atoms with van der Waals surface area (Å²) in [4.78, 5) is 24.0. The largest absolute Gasteiger partial charge is 0.460 e. The van der Waals surface area contributed by atoms with Crippen molar-refractivity contribution in [3.63, 3.8) is 0 Å². The van der Waals surface area contributed by atoms with Gasteiger partial charge < -0.3 is 9.52 Å². The quantitative estimate of drug-likeness (QED) is 0.778. The van der Waals surface area contributed by atoms with Crippen LogP contribution in [0.2, 0.25) is 0 Å². The van der Waals surface area contributed by atoms with E-state index in [1.165, 1.54) is 0 Å². The molecule has 0 saturated heterocycles. The van der Waals surface area contributed by atoms with E-state index in [-0.39, 0.29) is 12.2 Å². The number of hydrogen-bond acceptors (Lipinski definition) is 4. The number of furan rings is 1. The molecule has 0 spiro atoms. The predicted molar refractivity (Wildman–Crippen MR) is 63.5 cm³/mol. The van der Waals surface area contributed by atoms with E-state index >= 15 is 0 Å². The first kappa shape index (κ1) is 10.9. The monoisotopic (exact) mass is 242 g/mol. The Hall–Kier alpha value is -2.20. The Labute approximate surface area is 103 Å². The van der Waals surface area contributed by atoms with Gasteiger partial charge in [-0.3, -0.25) is 9.59 Å². The second-order valence-corrected chi connectivity index (χ2v) is 4.20. The maximum Gasteiger partial charge on any atom is 0.237 e. The number of Topliss-reactive ketones (excluding diaryl/α,β-unsaturated/α-hetero) is 2. The molecule has 1 aromatic carbocycles. The molecule has 0 radical (unpaired) electrons. The average Bonchev–Trinajstić information content (AvgIpc) is 2.73. The van der Waals surface area contributed by atoms with Crippen molar-refractivity contribution in [1.29, 1.82) is 0 Å². The lowest BCUT2D eigenvalue weighted by Crippen LogP contribution is -2.21. The molecule has 1 aliphatic carbocycles. The fraction of sp³-hybridized carbons (Fsp3) is 0.143. The van der Waals surface area contributed by atoms with Crippen molar-refractivity contribution < 1.29 is 19.1 Å². The zero-order valence-electron chi connectivity index (χ0n) is 9.69. The lowest BCUT2D eigenvalue weighted by molar-refractivity contribution is 0.0813. The van der Waals surface area contributed by atoms with E-state index < -0.39 is 11.6 Å². The van der Waals surface area contributed by atoms with Crippen molar-refractivity contribution in [2.45, 2.75) is 13.5 Å². The second-order valence-electron chi connectivity index (χ2n) is 4.20. The number of carbonyl (C=O) groups is 2. The van der Waals surface area contributed by atoms with E-state index in [0.717, 1.165) is 0 Å². The van der Waals surface area contributed by atoms with Gasteiger partial charge >= 0.3 is 0 Å². The minimum atomic E-state index is -0.607. The molecule has 1 aromatic heterocycles. The number of ketones is 2. The molecule has 4 nitrogen and oxygen atoms in total. The molecule has 1 N–H and O–H groups in total. The van der Waals surface area contributed by atoms with Gasteiger partial charge in [0, 0.05) is 16.7 Å². The fourth-order valence-corrected chi connectivity index (χ4v) is 2.31. The van der Waals surface area contributed by atoms with Gasteiger partial charge in [-0.05, 0) is 6.92 Å². The standard InChI is InChI=1S/C14H10O4/c1-7-10(6-15)11-13(17)12(16)8-4-2-3-5-9(8)14(11)18-7/h2-5,15H,6H2,1H3. The number of aliphatic hydroxyl groups excluding tert-OH is 1. The Balaban J connectivity index is 2.40. The van der Waals surface area contributed by atoms with Gasteiger partial charge in [-0.2, -0.15) is 0 Å². The molecule has 3 rings (SSSR count). The third kappa shape index (κ3) is 1.23. The van der Waals surface area contributed by atoms with Crippen LogP contribution in [0.15, 0.2) is 28.7 Å². The third-order valence-electron chi connectivity index (χ3n) is 3.22. The first-order valence-corrected chi connectivity index (χ1v) is 5.56. The Morgan fingerprint density at radius 2 is 1.78 bits per heavy atom. The van der Waals surface area contributed by atoms with Crippen LogP contribution in [0, 0.1) is 6.92 Å². The Kier molecular flexibility index (Phi) is 2.21. The molecule has 18 heavy (non-hydrogen) atoms. The number of benzene rings is 1. The van der Waals surface area contributed by atoms with Crippen LogP contribution < -0.4 is 0 Å². The maximum absolute atomic E-state index is 12.1. The Bertz CT molecular complexity index is 679. The van der Waals surface area contributed by atoms with Gasteiger partial charge in [0.15, 0.2) is 0 Å². The minimum absolute atomic E-state index is 0.207. The summed E-state index contributed by atoms with van der Waals surface area (Å²) in [6.07, 6.45) is 0. The highest BCUT2D eigenvalue weighted by atomic mass is 16.3. The Morgan fingerprint density at radius 1 is 1.11 bits per heavy atom. The van der Waals surface area contributed by atoms with E-state index in [1.807, 2.05) is 0 Å². The van der Waals surface area contributed by atoms with Crippen LogP contribution in [0.25, 0.3) is 11.3 Å². The molecule has 0 bridgehead atoms. The highest BCUT2D eigenvalue weighted by Crippen LogP contribution is 2.38. The zero-order chi connectivity index (χ0) is 12.9. The average molecular weight is 242 g/mol. The van der Waals surface area contributed by atoms with E-state index in [9.17, 15) is 14.7 Å². The number of fused-ring (bicyclic) bond motifs is 3. The molecule has 1 aliphatic rings. The Morgan fingerprint density at radius 3 is 2.44 bits per heavy atom. The van der Waals surface area contributed by atoms with Crippen LogP contribution >= 0.6 is 0 Å². The molecule has 0 atom stereocenters. The normalized spacial score (nSPS) is 13.4. The van der Waals surface area contributed by atoms with E-state index in [1.54, 1.807) is 31.2 Å². The van der Waals surface area contributed by atoms with Gasteiger partial charge in [-0.15, -0.1) is 0 Å². The lowest BCUT2D eigenvalue weighted by Gasteiger charge is -2.13. The van der Waals surface area contributed by atoms with Crippen molar-refractivity contribution in [2.24, 2.45) is 0 Å². The molecule has 2 aromatic rings. The fourth-order valence-electron chi connectivity index (χ4n) is 2.31. The van der Waals surface area contributed by atoms with Gasteiger partial charge in [0.05, 0.1) is 12.2 Å². The molecule has 4 heteroatoms. The first-order chi connectivity index (χ1) is 8.65. The van der Waals surface area contributed by atoms with Crippen LogP contribution in [-0.4, -0.2) is 16.7 Å². The van der Waals surface area contributed by atoms with Gasteiger partial charge in [-0.25, -0.2) is 0 Å². The van der Waals surface area contributed by atoms with Crippen molar-refractivity contribution in [2.75, 3.05) is 0 Å². The van der Waals surface area contributed by atoms with E-state index in [2.05, 4.69) is 0 Å². The van der Waals surface area contributed by atoms with Crippen LogP contribution in [0.5, 0.6) is 0 Å². The predicted octanol–water partition coefficient (Wildman–Crippen LogP) is 2.13. The lowest BCUT2D eigenvalue weighted by atomic mass is 9.87. The SMILES string of the molecule is Cc1oc2c(c1CO)C(=O)C(=O)c1ccccc1-2. The summed E-state index contributed by atoms with van der Waals surface area (Å²) >= 11 is 0. The topological polar surface area (TPSA) is 67.5 Å².